The number of nitrogens with two attached hydrogens (primary N) is 1. The lowest BCUT2D eigenvalue weighted by atomic mass is 10.2. The zero-order chi connectivity index (χ0) is 9.97. The molecule has 0 radical (unpaired) electrons. The molecule has 2 aromatic rings. The number of H-pyrrole nitrogens is 1. The molecule has 0 saturated carbocycles. The molecule has 1 unspecified atom stereocenters. The molecular weight excluding hydrogens is 218 g/mol. The van der Waals surface area contributed by atoms with Crippen molar-refractivity contribution in [3.8, 4) is 0 Å². The predicted octanol–water partition coefficient (Wildman–Crippen LogP) is 2.37. The van der Waals surface area contributed by atoms with Crippen LogP contribution in [0.5, 0.6) is 0 Å². The van der Waals surface area contributed by atoms with Crippen LogP contribution in [0.3, 0.4) is 0 Å². The molecule has 0 saturated heterocycles. The number of thiophene rings is 1. The maximum atomic E-state index is 6.00. The van der Waals surface area contributed by atoms with E-state index in [0.717, 1.165) is 15.7 Å². The lowest BCUT2D eigenvalue weighted by Gasteiger charge is -2.07. The molecule has 0 amide bonds. The van der Waals surface area contributed by atoms with E-state index in [1.807, 2.05) is 11.4 Å². The first-order valence-electron chi connectivity index (χ1n) is 4.24. The molecule has 0 aliphatic rings. The Labute approximate surface area is 90.9 Å². The van der Waals surface area contributed by atoms with Crippen LogP contribution in [0.4, 0.5) is 0 Å². The SMILES string of the molecule is NC(Cc1ncc[nH]1)c1sccc1Cl. The van der Waals surface area contributed by atoms with Crippen LogP contribution in [0.25, 0.3) is 0 Å². The monoisotopic (exact) mass is 227 g/mol. The Morgan fingerprint density at radius 2 is 2.50 bits per heavy atom. The maximum Gasteiger partial charge on any atom is 0.107 e. The first kappa shape index (κ1) is 9.71. The summed E-state index contributed by atoms with van der Waals surface area (Å²) in [5, 5.41) is 2.69. The van der Waals surface area contributed by atoms with Crippen molar-refractivity contribution in [1.29, 1.82) is 0 Å². The van der Waals surface area contributed by atoms with E-state index in [4.69, 9.17) is 17.3 Å². The highest BCUT2D eigenvalue weighted by atomic mass is 35.5. The van der Waals surface area contributed by atoms with Gasteiger partial charge in [0.2, 0.25) is 0 Å². The fourth-order valence-corrected chi connectivity index (χ4v) is 2.48. The highest BCUT2D eigenvalue weighted by Crippen LogP contribution is 2.28. The van der Waals surface area contributed by atoms with Gasteiger partial charge in [0.05, 0.1) is 5.02 Å². The number of nitrogens with zero attached hydrogens (tertiary/aromatic N) is 1. The first-order valence-corrected chi connectivity index (χ1v) is 5.50. The quantitative estimate of drug-likeness (QED) is 0.846. The number of imidazole rings is 1. The van der Waals surface area contributed by atoms with Crippen LogP contribution in [0.1, 0.15) is 16.7 Å². The van der Waals surface area contributed by atoms with E-state index in [9.17, 15) is 0 Å². The van der Waals surface area contributed by atoms with Crippen LogP contribution < -0.4 is 5.73 Å². The minimum Gasteiger partial charge on any atom is -0.349 e. The summed E-state index contributed by atoms with van der Waals surface area (Å²) < 4.78 is 0. The summed E-state index contributed by atoms with van der Waals surface area (Å²) >= 11 is 7.56. The van der Waals surface area contributed by atoms with E-state index in [1.165, 1.54) is 0 Å². The number of halogens is 1. The highest BCUT2D eigenvalue weighted by molar-refractivity contribution is 7.10. The second-order valence-corrected chi connectivity index (χ2v) is 4.33. The molecule has 2 aromatic heterocycles. The lowest BCUT2D eigenvalue weighted by Crippen LogP contribution is -2.13. The normalized spacial score (nSPS) is 13.0. The Kier molecular flexibility index (Phi) is 2.86. The molecule has 5 heteroatoms. The van der Waals surface area contributed by atoms with Crippen molar-refractivity contribution in [3.63, 3.8) is 0 Å². The number of aromatic nitrogens is 2. The molecule has 1 atom stereocenters. The van der Waals surface area contributed by atoms with Crippen molar-refractivity contribution in [2.45, 2.75) is 12.5 Å². The standard InChI is InChI=1S/C9H10ClN3S/c10-6-1-4-14-9(6)7(11)5-8-12-2-3-13-8/h1-4,7H,5,11H2,(H,12,13). The van der Waals surface area contributed by atoms with E-state index in [-0.39, 0.29) is 6.04 Å². The lowest BCUT2D eigenvalue weighted by molar-refractivity contribution is 0.707. The van der Waals surface area contributed by atoms with Gasteiger partial charge in [-0.2, -0.15) is 0 Å². The number of nitrogens with one attached hydrogen (secondary N) is 1. The van der Waals surface area contributed by atoms with Crippen molar-refractivity contribution in [1.82, 2.24) is 9.97 Å². The van der Waals surface area contributed by atoms with Gasteiger partial charge in [0.1, 0.15) is 5.82 Å². The van der Waals surface area contributed by atoms with Gasteiger partial charge in [0.15, 0.2) is 0 Å². The van der Waals surface area contributed by atoms with Gasteiger partial charge in [0.25, 0.3) is 0 Å². The minimum absolute atomic E-state index is 0.0753. The molecule has 0 fully saturated rings. The summed E-state index contributed by atoms with van der Waals surface area (Å²) in [5.41, 5.74) is 6.00. The van der Waals surface area contributed by atoms with Gasteiger partial charge in [-0.1, -0.05) is 11.6 Å². The van der Waals surface area contributed by atoms with Gasteiger partial charge in [-0.05, 0) is 11.4 Å². The smallest absolute Gasteiger partial charge is 0.107 e. The van der Waals surface area contributed by atoms with Gasteiger partial charge in [-0.25, -0.2) is 4.98 Å². The fraction of sp³-hybridized carbons (Fsp3) is 0.222. The van der Waals surface area contributed by atoms with Gasteiger partial charge < -0.3 is 10.7 Å². The number of aromatic amines is 1. The van der Waals surface area contributed by atoms with Crippen molar-refractivity contribution in [3.05, 3.63) is 39.6 Å². The molecule has 0 aliphatic carbocycles. The summed E-state index contributed by atoms with van der Waals surface area (Å²) in [5.74, 6) is 0.891. The molecule has 0 aliphatic heterocycles. The van der Waals surface area contributed by atoms with Gasteiger partial charge in [-0.15, -0.1) is 11.3 Å². The third kappa shape index (κ3) is 1.97. The predicted molar refractivity (Wildman–Crippen MR) is 58.5 cm³/mol. The van der Waals surface area contributed by atoms with Crippen LogP contribution in [0, 0.1) is 0 Å². The zero-order valence-corrected chi connectivity index (χ0v) is 8.98. The van der Waals surface area contributed by atoms with Crippen LogP contribution in [0.2, 0.25) is 5.02 Å². The Bertz CT molecular complexity index is 396. The summed E-state index contributed by atoms with van der Waals surface area (Å²) in [4.78, 5) is 8.16. The molecule has 0 spiro atoms. The highest BCUT2D eigenvalue weighted by Gasteiger charge is 2.13. The fourth-order valence-electron chi connectivity index (χ4n) is 1.28. The topological polar surface area (TPSA) is 54.7 Å². The van der Waals surface area contributed by atoms with Gasteiger partial charge >= 0.3 is 0 Å². The molecular formula is C9H10ClN3S. The second kappa shape index (κ2) is 4.13. The average molecular weight is 228 g/mol. The van der Waals surface area contributed by atoms with E-state index >= 15 is 0 Å². The summed E-state index contributed by atoms with van der Waals surface area (Å²) in [6.07, 6.45) is 4.20. The van der Waals surface area contributed by atoms with E-state index in [0.29, 0.717) is 6.42 Å². The number of rotatable bonds is 3. The summed E-state index contributed by atoms with van der Waals surface area (Å²) in [7, 11) is 0. The van der Waals surface area contributed by atoms with Crippen molar-refractivity contribution in [2.24, 2.45) is 5.73 Å². The Hall–Kier alpha value is -0.840. The van der Waals surface area contributed by atoms with E-state index < -0.39 is 0 Å². The Balaban J connectivity index is 2.10. The Morgan fingerprint density at radius 3 is 3.07 bits per heavy atom. The van der Waals surface area contributed by atoms with Gasteiger partial charge in [-0.3, -0.25) is 0 Å². The first-order chi connectivity index (χ1) is 6.77. The molecule has 2 heterocycles. The van der Waals surface area contributed by atoms with E-state index in [1.54, 1.807) is 23.7 Å². The zero-order valence-electron chi connectivity index (χ0n) is 7.40. The maximum absolute atomic E-state index is 6.00. The molecule has 2 rings (SSSR count). The van der Waals surface area contributed by atoms with Gasteiger partial charge in [0, 0.05) is 29.7 Å². The summed E-state index contributed by atoms with van der Waals surface area (Å²) in [6.45, 7) is 0. The third-order valence-electron chi connectivity index (χ3n) is 1.95. The van der Waals surface area contributed by atoms with Crippen molar-refractivity contribution >= 4 is 22.9 Å². The molecule has 0 aromatic carbocycles. The molecule has 74 valence electrons. The van der Waals surface area contributed by atoms with E-state index in [2.05, 4.69) is 9.97 Å². The molecule has 0 bridgehead atoms. The molecule has 14 heavy (non-hydrogen) atoms. The van der Waals surface area contributed by atoms with Crippen LogP contribution in [0.15, 0.2) is 23.8 Å². The van der Waals surface area contributed by atoms with Crippen LogP contribution in [-0.2, 0) is 6.42 Å². The third-order valence-corrected chi connectivity index (χ3v) is 3.44. The molecule has 3 nitrogen and oxygen atoms in total. The number of hydrogen-bond acceptors (Lipinski definition) is 3. The van der Waals surface area contributed by atoms with Crippen molar-refractivity contribution in [2.75, 3.05) is 0 Å². The van der Waals surface area contributed by atoms with Crippen LogP contribution in [-0.4, -0.2) is 9.97 Å². The van der Waals surface area contributed by atoms with Crippen molar-refractivity contribution < 1.29 is 0 Å². The number of hydrogen-bond donors (Lipinski definition) is 2. The Morgan fingerprint density at radius 1 is 1.64 bits per heavy atom. The second-order valence-electron chi connectivity index (χ2n) is 2.98. The minimum atomic E-state index is -0.0753. The van der Waals surface area contributed by atoms with Crippen LogP contribution >= 0.6 is 22.9 Å². The summed E-state index contributed by atoms with van der Waals surface area (Å²) in [6, 6.07) is 1.79. The largest absolute Gasteiger partial charge is 0.349 e. The average Bonchev–Trinajstić information content (AvgIpc) is 2.75. The molecule has 3 N–H and O–H groups in total.